The van der Waals surface area contributed by atoms with Crippen molar-refractivity contribution >= 4 is 5.97 Å². The van der Waals surface area contributed by atoms with E-state index in [1.165, 1.54) is 44.6 Å². The van der Waals surface area contributed by atoms with Crippen LogP contribution in [0.15, 0.2) is 54.9 Å². The van der Waals surface area contributed by atoms with Crippen LogP contribution >= 0.6 is 0 Å². The first-order valence-electron chi connectivity index (χ1n) is 10.4. The summed E-state index contributed by atoms with van der Waals surface area (Å²) in [7, 11) is 0. The molecule has 2 rings (SSSR count). The molecule has 1 atom stereocenters. The fraction of sp³-hybridized carbons (Fsp3) is 0.458. The Morgan fingerprint density at radius 3 is 2.32 bits per heavy atom. The van der Waals surface area contributed by atoms with Crippen LogP contribution in [0.25, 0.3) is 0 Å². The minimum Gasteiger partial charge on any atom is -0.388 e. The van der Waals surface area contributed by atoms with Crippen molar-refractivity contribution in [1.29, 1.82) is 0 Å². The average Bonchev–Trinajstić information content (AvgIpc) is 2.73. The molecule has 0 fully saturated rings. The lowest BCUT2D eigenvalue weighted by Gasteiger charge is -2.06. The molecule has 4 nitrogen and oxygen atoms in total. The lowest BCUT2D eigenvalue weighted by atomic mass is 10.0. The molecule has 1 aromatic carbocycles. The van der Waals surface area contributed by atoms with Crippen LogP contribution in [0.1, 0.15) is 75.8 Å². The van der Waals surface area contributed by atoms with Crippen molar-refractivity contribution in [3.63, 3.8) is 0 Å². The number of benzene rings is 1. The summed E-state index contributed by atoms with van der Waals surface area (Å²) in [5.41, 5.74) is 2.24. The van der Waals surface area contributed by atoms with Gasteiger partial charge in [-0.1, -0.05) is 88.8 Å². The summed E-state index contributed by atoms with van der Waals surface area (Å²) in [6.07, 6.45) is 16.7. The van der Waals surface area contributed by atoms with Gasteiger partial charge in [-0.25, -0.2) is 14.8 Å². The van der Waals surface area contributed by atoms with Gasteiger partial charge in [-0.05, 0) is 29.9 Å². The number of nitrogens with zero attached hydrogens (tertiary/aromatic N) is 2. The maximum atomic E-state index is 12.0. The van der Waals surface area contributed by atoms with Gasteiger partial charge in [0, 0.05) is 18.5 Å². The van der Waals surface area contributed by atoms with Crippen molar-refractivity contribution in [2.45, 2.75) is 71.1 Å². The fourth-order valence-corrected chi connectivity index (χ4v) is 3.03. The fourth-order valence-electron chi connectivity index (χ4n) is 3.03. The summed E-state index contributed by atoms with van der Waals surface area (Å²) in [6.45, 7) is 4.27. The van der Waals surface area contributed by atoms with Crippen molar-refractivity contribution in [3.05, 3.63) is 66.0 Å². The number of carbonyl (C=O) groups is 1. The van der Waals surface area contributed by atoms with E-state index < -0.39 is 5.97 Å². The van der Waals surface area contributed by atoms with E-state index in [1.54, 1.807) is 12.4 Å². The Balaban J connectivity index is 1.70. The van der Waals surface area contributed by atoms with Gasteiger partial charge in [0.2, 0.25) is 0 Å². The van der Waals surface area contributed by atoms with Gasteiger partial charge in [-0.3, -0.25) is 0 Å². The third-order valence-corrected chi connectivity index (χ3v) is 4.79. The molecule has 1 aromatic heterocycles. The molecular formula is C24H32N2O2. The first-order chi connectivity index (χ1) is 13.7. The number of esters is 1. The monoisotopic (exact) mass is 380 g/mol. The molecule has 150 valence electrons. The highest BCUT2D eigenvalue weighted by molar-refractivity contribution is 5.83. The minimum absolute atomic E-state index is 0.102. The maximum absolute atomic E-state index is 12.0. The second-order valence-electron chi connectivity index (χ2n) is 7.22. The van der Waals surface area contributed by atoms with Crippen LogP contribution in [-0.2, 0) is 11.2 Å². The summed E-state index contributed by atoms with van der Waals surface area (Å²) < 4.78 is 5.19. The number of aromatic nitrogens is 2. The Hall–Kier alpha value is -2.49. The number of carbonyl (C=O) groups excluding carboxylic acids is 1. The van der Waals surface area contributed by atoms with Crippen LogP contribution in [0.5, 0.6) is 6.01 Å². The number of allylic oxidation sites excluding steroid dienone is 1. The zero-order valence-electron chi connectivity index (χ0n) is 17.1. The van der Waals surface area contributed by atoms with Gasteiger partial charge in [-0.15, -0.1) is 0 Å². The molecule has 0 N–H and O–H groups in total. The van der Waals surface area contributed by atoms with Gasteiger partial charge in [-0.2, -0.15) is 0 Å². The number of ether oxygens (including phenoxy) is 1. The Morgan fingerprint density at radius 1 is 1.00 bits per heavy atom. The molecule has 0 saturated carbocycles. The van der Waals surface area contributed by atoms with Crippen molar-refractivity contribution in [3.8, 4) is 6.01 Å². The quantitative estimate of drug-likeness (QED) is 0.256. The van der Waals surface area contributed by atoms with E-state index >= 15 is 0 Å². The molecule has 1 heterocycles. The molecule has 0 bridgehead atoms. The molecule has 0 saturated heterocycles. The topological polar surface area (TPSA) is 52.1 Å². The van der Waals surface area contributed by atoms with E-state index in [-0.39, 0.29) is 11.9 Å². The standard InChI is InChI=1S/C24H32N2O2/c1-3-4-5-6-7-8-10-13-21-18-25-24(26-19-21)28-23(27)17-16-20(2)22-14-11-9-12-15-22/h9,11-12,14-20H,3-8,10,13H2,1-2H3. The molecular weight excluding hydrogens is 348 g/mol. The van der Waals surface area contributed by atoms with Gasteiger partial charge in [0.15, 0.2) is 0 Å². The van der Waals surface area contributed by atoms with Crippen LogP contribution < -0.4 is 4.74 Å². The van der Waals surface area contributed by atoms with Gasteiger partial charge in [0.05, 0.1) is 0 Å². The lowest BCUT2D eigenvalue weighted by Crippen LogP contribution is -2.07. The second kappa shape index (κ2) is 12.8. The summed E-state index contributed by atoms with van der Waals surface area (Å²) >= 11 is 0. The molecule has 1 unspecified atom stereocenters. The van der Waals surface area contributed by atoms with Crippen LogP contribution in [-0.4, -0.2) is 15.9 Å². The highest BCUT2D eigenvalue weighted by atomic mass is 16.5. The number of hydrogen-bond acceptors (Lipinski definition) is 4. The Bertz CT molecular complexity index is 711. The van der Waals surface area contributed by atoms with E-state index in [1.807, 2.05) is 43.3 Å². The smallest absolute Gasteiger partial charge is 0.338 e. The Labute approximate surface area is 169 Å². The van der Waals surface area contributed by atoms with E-state index in [0.29, 0.717) is 0 Å². The molecule has 28 heavy (non-hydrogen) atoms. The molecule has 0 aliphatic rings. The van der Waals surface area contributed by atoms with Crippen LogP contribution in [0.3, 0.4) is 0 Å². The molecule has 2 aromatic rings. The molecule has 0 aliphatic carbocycles. The van der Waals surface area contributed by atoms with E-state index in [4.69, 9.17) is 4.74 Å². The van der Waals surface area contributed by atoms with Gasteiger partial charge < -0.3 is 4.74 Å². The molecule has 0 aliphatic heterocycles. The molecule has 0 radical (unpaired) electrons. The summed E-state index contributed by atoms with van der Waals surface area (Å²) in [5.74, 6) is -0.318. The predicted molar refractivity (Wildman–Crippen MR) is 113 cm³/mol. The first-order valence-corrected chi connectivity index (χ1v) is 10.4. The van der Waals surface area contributed by atoms with Crippen molar-refractivity contribution in [1.82, 2.24) is 9.97 Å². The van der Waals surface area contributed by atoms with Gasteiger partial charge in [0.25, 0.3) is 0 Å². The molecule has 0 spiro atoms. The van der Waals surface area contributed by atoms with Crippen molar-refractivity contribution in [2.24, 2.45) is 0 Å². The molecule has 0 amide bonds. The third kappa shape index (κ3) is 8.47. The number of unbranched alkanes of at least 4 members (excludes halogenated alkanes) is 6. The summed E-state index contributed by atoms with van der Waals surface area (Å²) in [4.78, 5) is 20.3. The molecule has 4 heteroatoms. The van der Waals surface area contributed by atoms with Crippen LogP contribution in [0.4, 0.5) is 0 Å². The van der Waals surface area contributed by atoms with Gasteiger partial charge >= 0.3 is 12.0 Å². The van der Waals surface area contributed by atoms with Crippen molar-refractivity contribution < 1.29 is 9.53 Å². The lowest BCUT2D eigenvalue weighted by molar-refractivity contribution is -0.129. The maximum Gasteiger partial charge on any atom is 0.338 e. The number of rotatable bonds is 12. The largest absolute Gasteiger partial charge is 0.388 e. The van der Waals surface area contributed by atoms with E-state index in [9.17, 15) is 4.79 Å². The Morgan fingerprint density at radius 2 is 1.64 bits per heavy atom. The highest BCUT2D eigenvalue weighted by Crippen LogP contribution is 2.16. The summed E-state index contributed by atoms with van der Waals surface area (Å²) in [5, 5.41) is 0. The second-order valence-corrected chi connectivity index (χ2v) is 7.22. The SMILES string of the molecule is CCCCCCCCCc1cnc(OC(=O)C=CC(C)c2ccccc2)nc1. The van der Waals surface area contributed by atoms with Crippen LogP contribution in [0.2, 0.25) is 0 Å². The zero-order chi connectivity index (χ0) is 20.0. The highest BCUT2D eigenvalue weighted by Gasteiger charge is 2.06. The normalized spacial score (nSPS) is 12.2. The van der Waals surface area contributed by atoms with Crippen molar-refractivity contribution in [2.75, 3.05) is 0 Å². The average molecular weight is 381 g/mol. The van der Waals surface area contributed by atoms with E-state index in [0.717, 1.165) is 24.0 Å². The van der Waals surface area contributed by atoms with Crippen LogP contribution in [0, 0.1) is 0 Å². The first kappa shape index (κ1) is 21.8. The zero-order valence-corrected chi connectivity index (χ0v) is 17.1. The third-order valence-electron chi connectivity index (χ3n) is 4.79. The van der Waals surface area contributed by atoms with E-state index in [2.05, 4.69) is 16.9 Å². The summed E-state index contributed by atoms with van der Waals surface area (Å²) in [6, 6.07) is 10.1. The minimum atomic E-state index is -0.456. The number of aryl methyl sites for hydroxylation is 1. The van der Waals surface area contributed by atoms with Gasteiger partial charge in [0.1, 0.15) is 0 Å². The number of hydrogen-bond donors (Lipinski definition) is 0. The Kier molecular flexibility index (Phi) is 9.98. The predicted octanol–water partition coefficient (Wildman–Crippen LogP) is 6.04.